The third-order valence-electron chi connectivity index (χ3n) is 5.07. The van der Waals surface area contributed by atoms with Crippen LogP contribution in [0.1, 0.15) is 57.2 Å². The van der Waals surface area contributed by atoms with Crippen LogP contribution in [-0.2, 0) is 19.6 Å². The molecular weight excluding hydrogens is 280 g/mol. The van der Waals surface area contributed by atoms with Crippen molar-refractivity contribution in [2.24, 2.45) is 0 Å². The van der Waals surface area contributed by atoms with Crippen LogP contribution in [0.25, 0.3) is 11.2 Å². The van der Waals surface area contributed by atoms with Crippen molar-refractivity contribution in [3.8, 4) is 0 Å². The van der Waals surface area contributed by atoms with Gasteiger partial charge in [0.1, 0.15) is 11.5 Å². The second-order valence-corrected chi connectivity index (χ2v) is 6.52. The zero-order valence-electron chi connectivity index (χ0n) is 13.0. The number of hydrogen-bond donors (Lipinski definition) is 0. The fraction of sp³-hybridized carbons (Fsp3) is 0.688. The highest BCUT2D eigenvalue weighted by Gasteiger charge is 2.28. The summed E-state index contributed by atoms with van der Waals surface area (Å²) in [5, 5.41) is 0. The fourth-order valence-corrected chi connectivity index (χ4v) is 4.05. The van der Waals surface area contributed by atoms with Gasteiger partial charge in [-0.1, -0.05) is 19.8 Å². The number of aromatic nitrogens is 4. The molecule has 0 aromatic carbocycles. The quantitative estimate of drug-likeness (QED) is 0.869. The van der Waals surface area contributed by atoms with Crippen LogP contribution in [0.15, 0.2) is 9.59 Å². The van der Waals surface area contributed by atoms with Crippen LogP contribution in [0.5, 0.6) is 0 Å². The van der Waals surface area contributed by atoms with Gasteiger partial charge in [0.15, 0.2) is 5.52 Å². The Morgan fingerprint density at radius 3 is 2.55 bits per heavy atom. The van der Waals surface area contributed by atoms with Crippen molar-refractivity contribution in [1.82, 2.24) is 18.7 Å². The molecule has 22 heavy (non-hydrogen) atoms. The van der Waals surface area contributed by atoms with Gasteiger partial charge < -0.3 is 4.57 Å². The van der Waals surface area contributed by atoms with E-state index < -0.39 is 0 Å². The van der Waals surface area contributed by atoms with Crippen LogP contribution in [0.4, 0.5) is 0 Å². The summed E-state index contributed by atoms with van der Waals surface area (Å²) in [6, 6.07) is 0. The molecule has 6 heteroatoms. The third-order valence-corrected chi connectivity index (χ3v) is 5.07. The molecule has 0 unspecified atom stereocenters. The molecule has 0 bridgehead atoms. The lowest BCUT2D eigenvalue weighted by atomic mass is 10.1. The second-order valence-electron chi connectivity index (χ2n) is 6.52. The van der Waals surface area contributed by atoms with E-state index in [9.17, 15) is 9.59 Å². The first-order chi connectivity index (χ1) is 10.7. The minimum Gasteiger partial charge on any atom is -0.314 e. The van der Waals surface area contributed by atoms with Crippen LogP contribution < -0.4 is 11.2 Å². The Bertz CT molecular complexity index is 836. The lowest BCUT2D eigenvalue weighted by Crippen LogP contribution is -2.41. The number of imidazole rings is 1. The van der Waals surface area contributed by atoms with Gasteiger partial charge in [-0.3, -0.25) is 13.9 Å². The molecule has 0 amide bonds. The highest BCUT2D eigenvalue weighted by molar-refractivity contribution is 5.71. The maximum absolute atomic E-state index is 12.7. The largest absolute Gasteiger partial charge is 0.332 e. The normalized spacial score (nSPS) is 18.4. The van der Waals surface area contributed by atoms with Gasteiger partial charge in [0.05, 0.1) is 0 Å². The van der Waals surface area contributed by atoms with Gasteiger partial charge >= 0.3 is 5.69 Å². The van der Waals surface area contributed by atoms with E-state index in [0.29, 0.717) is 24.5 Å². The maximum Gasteiger partial charge on any atom is 0.332 e. The average molecular weight is 302 g/mol. The summed E-state index contributed by atoms with van der Waals surface area (Å²) in [5.41, 5.74) is 0.876. The van der Waals surface area contributed by atoms with Crippen molar-refractivity contribution in [2.75, 3.05) is 0 Å². The van der Waals surface area contributed by atoms with Crippen LogP contribution in [0.2, 0.25) is 0 Å². The number of hydrogen-bond acceptors (Lipinski definition) is 3. The molecule has 0 radical (unpaired) electrons. The molecule has 118 valence electrons. The predicted octanol–water partition coefficient (Wildman–Crippen LogP) is 1.83. The summed E-state index contributed by atoms with van der Waals surface area (Å²) < 4.78 is 5.28. The third kappa shape index (κ3) is 1.82. The van der Waals surface area contributed by atoms with Gasteiger partial charge in [-0.05, 0) is 25.7 Å². The lowest BCUT2D eigenvalue weighted by molar-refractivity contribution is 0.466. The minimum atomic E-state index is -0.210. The Labute approximate surface area is 128 Å². The highest BCUT2D eigenvalue weighted by Crippen LogP contribution is 2.35. The van der Waals surface area contributed by atoms with Crippen molar-refractivity contribution in [2.45, 2.75) is 71.0 Å². The fourth-order valence-electron chi connectivity index (χ4n) is 4.05. The standard InChI is InChI=1S/C16H22N4O2/c1-2-8-20-15(21)12-14-18(9-5-10-19(14)16(20)22)13(17-12)11-6-3-4-7-11/h11H,2-10H2,1H3. The van der Waals surface area contributed by atoms with Crippen molar-refractivity contribution in [3.63, 3.8) is 0 Å². The van der Waals surface area contributed by atoms with Crippen LogP contribution in [0.3, 0.4) is 0 Å². The first-order valence-electron chi connectivity index (χ1n) is 8.46. The molecule has 1 fully saturated rings. The maximum atomic E-state index is 12.7. The van der Waals surface area contributed by atoms with Gasteiger partial charge in [0.25, 0.3) is 5.56 Å². The van der Waals surface area contributed by atoms with Crippen molar-refractivity contribution in [3.05, 3.63) is 26.7 Å². The zero-order chi connectivity index (χ0) is 15.3. The molecule has 1 aliphatic heterocycles. The molecule has 0 atom stereocenters. The Hall–Kier alpha value is -1.85. The van der Waals surface area contributed by atoms with E-state index >= 15 is 0 Å². The number of nitrogens with zero attached hydrogens (tertiary/aromatic N) is 4. The summed E-state index contributed by atoms with van der Waals surface area (Å²) in [6.07, 6.45) is 6.48. The highest BCUT2D eigenvalue weighted by atomic mass is 16.2. The van der Waals surface area contributed by atoms with Gasteiger partial charge in [0.2, 0.25) is 0 Å². The molecule has 2 aromatic heterocycles. The first-order valence-corrected chi connectivity index (χ1v) is 8.46. The second kappa shape index (κ2) is 5.11. The van der Waals surface area contributed by atoms with E-state index in [1.807, 2.05) is 6.92 Å². The Morgan fingerprint density at radius 1 is 1.09 bits per heavy atom. The van der Waals surface area contributed by atoms with Crippen molar-refractivity contribution < 1.29 is 0 Å². The van der Waals surface area contributed by atoms with E-state index in [2.05, 4.69) is 4.57 Å². The van der Waals surface area contributed by atoms with Gasteiger partial charge in [-0.25, -0.2) is 9.78 Å². The monoisotopic (exact) mass is 302 g/mol. The molecule has 2 aliphatic rings. The molecule has 6 nitrogen and oxygen atoms in total. The van der Waals surface area contributed by atoms with Gasteiger partial charge in [0, 0.05) is 25.6 Å². The molecule has 0 N–H and O–H groups in total. The summed E-state index contributed by atoms with van der Waals surface area (Å²) in [7, 11) is 0. The van der Waals surface area contributed by atoms with Gasteiger partial charge in [-0.2, -0.15) is 0 Å². The lowest BCUT2D eigenvalue weighted by Gasteiger charge is -2.20. The average Bonchev–Trinajstić information content (AvgIpc) is 3.17. The Kier molecular flexibility index (Phi) is 3.20. The molecule has 1 saturated carbocycles. The van der Waals surface area contributed by atoms with E-state index in [1.54, 1.807) is 4.57 Å². The van der Waals surface area contributed by atoms with E-state index in [1.165, 1.54) is 17.4 Å². The first kappa shape index (κ1) is 13.8. The zero-order valence-corrected chi connectivity index (χ0v) is 13.0. The smallest absolute Gasteiger partial charge is 0.314 e. The van der Waals surface area contributed by atoms with Crippen molar-refractivity contribution in [1.29, 1.82) is 0 Å². The molecule has 0 saturated heterocycles. The number of rotatable bonds is 3. The van der Waals surface area contributed by atoms with Crippen molar-refractivity contribution >= 4 is 11.2 Å². The summed E-state index contributed by atoms with van der Waals surface area (Å²) in [5.74, 6) is 1.49. The van der Waals surface area contributed by atoms with E-state index in [4.69, 9.17) is 4.98 Å². The van der Waals surface area contributed by atoms with Crippen LogP contribution >= 0.6 is 0 Å². The molecule has 1 aliphatic carbocycles. The van der Waals surface area contributed by atoms with Crippen LogP contribution in [0, 0.1) is 0 Å². The molecule has 3 heterocycles. The van der Waals surface area contributed by atoms with Gasteiger partial charge in [-0.15, -0.1) is 0 Å². The van der Waals surface area contributed by atoms with E-state index in [-0.39, 0.29) is 11.2 Å². The SMILES string of the molecule is CCCn1c(=O)c2nc(C3CCCC3)n3c2n(c1=O)CCC3. The number of aryl methyl sites for hydroxylation is 2. The molecule has 2 aromatic rings. The summed E-state index contributed by atoms with van der Waals surface area (Å²) in [6.45, 7) is 4.02. The van der Waals surface area contributed by atoms with Crippen LogP contribution in [-0.4, -0.2) is 18.7 Å². The Balaban J connectivity index is 2.04. The molecular formula is C16H22N4O2. The molecule has 4 rings (SSSR count). The predicted molar refractivity (Wildman–Crippen MR) is 84.4 cm³/mol. The Morgan fingerprint density at radius 2 is 1.82 bits per heavy atom. The summed E-state index contributed by atoms with van der Waals surface area (Å²) in [4.78, 5) is 30.0. The minimum absolute atomic E-state index is 0.168. The van der Waals surface area contributed by atoms with E-state index in [0.717, 1.165) is 43.7 Å². The summed E-state index contributed by atoms with van der Waals surface area (Å²) >= 11 is 0. The topological polar surface area (TPSA) is 61.8 Å². The molecule has 0 spiro atoms.